The van der Waals surface area contributed by atoms with E-state index in [9.17, 15) is 24.0 Å². The Morgan fingerprint density at radius 1 is 1.07 bits per heavy atom. The predicted octanol–water partition coefficient (Wildman–Crippen LogP) is 2.41. The van der Waals surface area contributed by atoms with Gasteiger partial charge in [-0.1, -0.05) is 37.6 Å². The molecule has 3 heterocycles. The van der Waals surface area contributed by atoms with Gasteiger partial charge in [0.25, 0.3) is 0 Å². The first-order chi connectivity index (χ1) is 20.4. The number of carboxylic acid groups (broad SMARTS) is 1. The van der Waals surface area contributed by atoms with Crippen LogP contribution in [0, 0.1) is 16.7 Å². The highest BCUT2D eigenvalue weighted by Crippen LogP contribution is 2.57. The number of hydrogen-bond donors (Lipinski definition) is 2. The Hall–Kier alpha value is -3.51. The molecule has 1 amide bonds. The van der Waals surface area contributed by atoms with Crippen LogP contribution in [0.1, 0.15) is 59.3 Å². The molecule has 4 bridgehead atoms. The van der Waals surface area contributed by atoms with E-state index in [1.165, 1.54) is 18.2 Å². The summed E-state index contributed by atoms with van der Waals surface area (Å²) >= 11 is 0. The second-order valence-electron chi connectivity index (χ2n) is 12.1. The summed E-state index contributed by atoms with van der Waals surface area (Å²) in [6.07, 6.45) is 6.98. The van der Waals surface area contributed by atoms with Gasteiger partial charge in [0.15, 0.2) is 0 Å². The molecule has 12 nitrogen and oxygen atoms in total. The molecule has 43 heavy (non-hydrogen) atoms. The van der Waals surface area contributed by atoms with Crippen molar-refractivity contribution >= 4 is 29.8 Å². The molecule has 1 spiro atoms. The van der Waals surface area contributed by atoms with Gasteiger partial charge < -0.3 is 34.1 Å². The van der Waals surface area contributed by atoms with E-state index in [1.54, 1.807) is 6.92 Å². The van der Waals surface area contributed by atoms with Crippen LogP contribution >= 0.6 is 0 Å². The third-order valence-electron chi connectivity index (χ3n) is 9.14. The second kappa shape index (κ2) is 13.9. The molecule has 4 rings (SSSR count). The molecule has 2 N–H and O–H groups in total. The minimum Gasteiger partial charge on any atom is -0.481 e. The average molecular weight is 604 g/mol. The molecule has 7 atom stereocenters. The highest BCUT2D eigenvalue weighted by atomic mass is 16.6. The van der Waals surface area contributed by atoms with Crippen molar-refractivity contribution in [3.63, 3.8) is 0 Å². The average Bonchev–Trinajstić information content (AvgIpc) is 3.15. The predicted molar refractivity (Wildman–Crippen MR) is 150 cm³/mol. The molecule has 0 aromatic carbocycles. The van der Waals surface area contributed by atoms with Gasteiger partial charge in [0.2, 0.25) is 5.91 Å². The number of fused-ring (bicyclic) bond motifs is 1. The standard InChI is InChI=1S/C31H41NO11/c1-19-10-12-31-18-41-29(38)28(32-24(33)8-9-25(34)35)20(2)11-13-40-26(36)6-4-5-7-27(37)43-22-15-21(42-23(31)14-19)16-39-17-30(22,31)3/h4-7,14,20-23,28H,8-13,15-18H2,1-3H3,(H,32,33)(H,34,35)/b6-4+,7-5-/t20-,21-,22-,23-,28-,30-,31-/m1/s1. The molecule has 236 valence electrons. The van der Waals surface area contributed by atoms with E-state index < -0.39 is 71.2 Å². The molecule has 0 unspecified atom stereocenters. The number of carboxylic acids is 1. The number of amides is 1. The fraction of sp³-hybridized carbons (Fsp3) is 0.645. The second-order valence-corrected chi connectivity index (χ2v) is 12.1. The number of hydrogen-bond acceptors (Lipinski definition) is 10. The molecular formula is C31H41NO11. The molecule has 0 saturated carbocycles. The van der Waals surface area contributed by atoms with Crippen molar-refractivity contribution in [2.24, 2.45) is 16.7 Å². The van der Waals surface area contributed by atoms with Crippen LogP contribution < -0.4 is 5.32 Å². The van der Waals surface area contributed by atoms with E-state index >= 15 is 0 Å². The molecule has 1 aliphatic carbocycles. The van der Waals surface area contributed by atoms with Gasteiger partial charge in [-0.05, 0) is 32.1 Å². The van der Waals surface area contributed by atoms with E-state index in [0.29, 0.717) is 25.9 Å². The molecule has 0 radical (unpaired) electrons. The normalized spacial score (nSPS) is 37.0. The lowest BCUT2D eigenvalue weighted by molar-refractivity contribution is -0.204. The summed E-state index contributed by atoms with van der Waals surface area (Å²) in [5, 5.41) is 11.6. The molecule has 0 aromatic heterocycles. The van der Waals surface area contributed by atoms with Crippen LogP contribution in [-0.2, 0) is 47.7 Å². The number of nitrogens with one attached hydrogen (secondary N) is 1. The maximum atomic E-state index is 13.7. The van der Waals surface area contributed by atoms with Gasteiger partial charge in [0, 0.05) is 35.8 Å². The molecule has 2 fully saturated rings. The number of esters is 3. The van der Waals surface area contributed by atoms with Crippen LogP contribution in [0.5, 0.6) is 0 Å². The Morgan fingerprint density at radius 2 is 1.81 bits per heavy atom. The van der Waals surface area contributed by atoms with Gasteiger partial charge in [-0.25, -0.2) is 14.4 Å². The first-order valence-electron chi connectivity index (χ1n) is 14.7. The first-order valence-corrected chi connectivity index (χ1v) is 14.7. The van der Waals surface area contributed by atoms with Crippen LogP contribution in [0.25, 0.3) is 0 Å². The molecule has 2 saturated heterocycles. The van der Waals surface area contributed by atoms with Crippen LogP contribution in [-0.4, -0.2) is 85.7 Å². The quantitative estimate of drug-likeness (QED) is 0.276. The topological polar surface area (TPSA) is 164 Å². The Bertz CT molecular complexity index is 1190. The van der Waals surface area contributed by atoms with Gasteiger partial charge >= 0.3 is 23.9 Å². The van der Waals surface area contributed by atoms with Crippen molar-refractivity contribution in [1.29, 1.82) is 0 Å². The van der Waals surface area contributed by atoms with E-state index in [0.717, 1.165) is 11.6 Å². The number of aliphatic carboxylic acids is 1. The Kier molecular flexibility index (Phi) is 10.4. The van der Waals surface area contributed by atoms with Crippen LogP contribution in [0.4, 0.5) is 0 Å². The van der Waals surface area contributed by atoms with Crippen molar-refractivity contribution in [2.45, 2.75) is 83.6 Å². The Morgan fingerprint density at radius 3 is 2.56 bits per heavy atom. The SMILES string of the molecule is CC1=C[C@H]2O[C@H]3COC[C@]4(C)[C@@H](C3)OC(=O)/C=C\C=C\C(=O)OCC[C@@H](C)[C@@H](NC(=O)CCC(=O)O)C(=O)OC[C@]24CC1. The highest BCUT2D eigenvalue weighted by Gasteiger charge is 2.63. The van der Waals surface area contributed by atoms with Crippen LogP contribution in [0.15, 0.2) is 36.0 Å². The van der Waals surface area contributed by atoms with Crippen molar-refractivity contribution in [3.05, 3.63) is 36.0 Å². The highest BCUT2D eigenvalue weighted by molar-refractivity contribution is 5.86. The fourth-order valence-corrected chi connectivity index (χ4v) is 6.37. The number of cyclic esters (lactones) is 2. The van der Waals surface area contributed by atoms with E-state index in [2.05, 4.69) is 11.4 Å². The molecule has 4 aliphatic rings. The summed E-state index contributed by atoms with van der Waals surface area (Å²) in [7, 11) is 0. The minimum absolute atomic E-state index is 0.0483. The van der Waals surface area contributed by atoms with Crippen molar-refractivity contribution in [3.8, 4) is 0 Å². The van der Waals surface area contributed by atoms with Gasteiger partial charge in [0.1, 0.15) is 18.8 Å². The maximum absolute atomic E-state index is 13.7. The number of carbonyl (C=O) groups excluding carboxylic acids is 4. The number of allylic oxidation sites excluding steroid dienone is 3. The largest absolute Gasteiger partial charge is 0.481 e. The summed E-state index contributed by atoms with van der Waals surface area (Å²) in [5.41, 5.74) is -0.504. The third-order valence-corrected chi connectivity index (χ3v) is 9.14. The van der Waals surface area contributed by atoms with Gasteiger partial charge in [-0.3, -0.25) is 9.59 Å². The Labute approximate surface area is 250 Å². The van der Waals surface area contributed by atoms with Crippen molar-refractivity contribution < 1.29 is 52.8 Å². The van der Waals surface area contributed by atoms with Crippen molar-refractivity contribution in [1.82, 2.24) is 5.32 Å². The molecular weight excluding hydrogens is 562 g/mol. The maximum Gasteiger partial charge on any atom is 0.331 e. The zero-order chi connectivity index (χ0) is 31.2. The lowest BCUT2D eigenvalue weighted by Gasteiger charge is -2.54. The summed E-state index contributed by atoms with van der Waals surface area (Å²) in [6, 6.07) is -1.13. The van der Waals surface area contributed by atoms with E-state index in [1.807, 2.05) is 13.8 Å². The minimum atomic E-state index is -1.14. The number of carbonyl (C=O) groups is 5. The molecule has 3 aliphatic heterocycles. The van der Waals surface area contributed by atoms with Crippen molar-refractivity contribution in [2.75, 3.05) is 26.4 Å². The fourth-order valence-electron chi connectivity index (χ4n) is 6.37. The lowest BCUT2D eigenvalue weighted by Crippen LogP contribution is -2.60. The summed E-state index contributed by atoms with van der Waals surface area (Å²) in [4.78, 5) is 62.4. The number of ether oxygens (including phenoxy) is 5. The summed E-state index contributed by atoms with van der Waals surface area (Å²) < 4.78 is 29.9. The zero-order valence-corrected chi connectivity index (χ0v) is 24.9. The summed E-state index contributed by atoms with van der Waals surface area (Å²) in [5.74, 6) is -4.22. The third kappa shape index (κ3) is 7.53. The summed E-state index contributed by atoms with van der Waals surface area (Å²) in [6.45, 7) is 6.14. The molecule has 12 heteroatoms. The number of rotatable bonds is 4. The molecule has 0 aromatic rings. The van der Waals surface area contributed by atoms with Gasteiger partial charge in [-0.15, -0.1) is 0 Å². The van der Waals surface area contributed by atoms with E-state index in [4.69, 9.17) is 28.8 Å². The van der Waals surface area contributed by atoms with Gasteiger partial charge in [-0.2, -0.15) is 0 Å². The van der Waals surface area contributed by atoms with Crippen LogP contribution in [0.3, 0.4) is 0 Å². The monoisotopic (exact) mass is 603 g/mol. The lowest BCUT2D eigenvalue weighted by atomic mass is 9.55. The zero-order valence-electron chi connectivity index (χ0n) is 24.9. The van der Waals surface area contributed by atoms with Gasteiger partial charge in [0.05, 0.1) is 38.4 Å². The van der Waals surface area contributed by atoms with E-state index in [-0.39, 0.29) is 38.8 Å². The smallest absolute Gasteiger partial charge is 0.331 e. The Balaban J connectivity index is 1.71. The van der Waals surface area contributed by atoms with Crippen LogP contribution in [0.2, 0.25) is 0 Å². The first kappa shape index (κ1) is 32.4.